The second-order valence-corrected chi connectivity index (χ2v) is 4.25. The molecule has 0 aliphatic heterocycles. The van der Waals surface area contributed by atoms with Crippen molar-refractivity contribution in [2.75, 3.05) is 13.7 Å². The van der Waals surface area contributed by atoms with Gasteiger partial charge in [0.15, 0.2) is 6.61 Å². The van der Waals surface area contributed by atoms with Gasteiger partial charge in [0.05, 0.1) is 6.42 Å². The van der Waals surface area contributed by atoms with Gasteiger partial charge in [0.2, 0.25) is 5.88 Å². The number of carbonyl (C=O) groups is 2. The number of rotatable bonds is 6. The van der Waals surface area contributed by atoms with E-state index in [4.69, 9.17) is 9.84 Å². The quantitative estimate of drug-likeness (QED) is 0.806. The van der Waals surface area contributed by atoms with Crippen molar-refractivity contribution >= 4 is 11.9 Å². The Hall–Kier alpha value is -2.18. The number of aryl methyl sites for hydroxylation is 1. The van der Waals surface area contributed by atoms with Gasteiger partial charge in [0.25, 0.3) is 5.91 Å². The molecule has 1 unspecified atom stereocenters. The molecule has 19 heavy (non-hydrogen) atoms. The smallest absolute Gasteiger partial charge is 0.305 e. The SMILES string of the molecule is Cc1cncnc1OCC(=O)N(C)C(C)CC(=O)O. The molecule has 0 aromatic carbocycles. The number of aliphatic carboxylic acids is 1. The van der Waals surface area contributed by atoms with Crippen LogP contribution in [0.1, 0.15) is 18.9 Å². The van der Waals surface area contributed by atoms with E-state index < -0.39 is 5.97 Å². The van der Waals surface area contributed by atoms with Gasteiger partial charge in [0.1, 0.15) is 6.33 Å². The Morgan fingerprint density at radius 2 is 2.21 bits per heavy atom. The maximum atomic E-state index is 11.8. The van der Waals surface area contributed by atoms with Crippen molar-refractivity contribution in [3.05, 3.63) is 18.1 Å². The molecule has 0 saturated heterocycles. The zero-order valence-electron chi connectivity index (χ0n) is 11.2. The number of likely N-dealkylation sites (N-methyl/N-ethyl adjacent to an activating group) is 1. The Labute approximate surface area is 111 Å². The van der Waals surface area contributed by atoms with Crippen LogP contribution in [-0.4, -0.2) is 51.5 Å². The minimum Gasteiger partial charge on any atom is -0.481 e. The van der Waals surface area contributed by atoms with Crippen molar-refractivity contribution in [3.8, 4) is 5.88 Å². The number of carbonyl (C=O) groups excluding carboxylic acids is 1. The summed E-state index contributed by atoms with van der Waals surface area (Å²) in [7, 11) is 1.55. The van der Waals surface area contributed by atoms with Gasteiger partial charge >= 0.3 is 5.97 Å². The third-order valence-electron chi connectivity index (χ3n) is 2.70. The molecule has 1 rings (SSSR count). The van der Waals surface area contributed by atoms with Gasteiger partial charge in [-0.1, -0.05) is 0 Å². The van der Waals surface area contributed by atoms with Crippen LogP contribution < -0.4 is 4.74 Å². The van der Waals surface area contributed by atoms with Crippen LogP contribution in [0.15, 0.2) is 12.5 Å². The lowest BCUT2D eigenvalue weighted by molar-refractivity contribution is -0.140. The van der Waals surface area contributed by atoms with E-state index in [0.29, 0.717) is 5.88 Å². The molecule has 1 aromatic rings. The van der Waals surface area contributed by atoms with E-state index in [-0.39, 0.29) is 25.0 Å². The van der Waals surface area contributed by atoms with Crippen LogP contribution in [0.3, 0.4) is 0 Å². The van der Waals surface area contributed by atoms with Crippen molar-refractivity contribution in [2.24, 2.45) is 0 Å². The zero-order valence-corrected chi connectivity index (χ0v) is 11.2. The molecule has 0 saturated carbocycles. The fourth-order valence-corrected chi connectivity index (χ4v) is 1.41. The number of nitrogens with zero attached hydrogens (tertiary/aromatic N) is 3. The third kappa shape index (κ3) is 4.53. The lowest BCUT2D eigenvalue weighted by Crippen LogP contribution is -2.39. The number of carboxylic acid groups (broad SMARTS) is 1. The highest BCUT2D eigenvalue weighted by Gasteiger charge is 2.19. The molecule has 7 heteroatoms. The van der Waals surface area contributed by atoms with Crippen molar-refractivity contribution in [1.29, 1.82) is 0 Å². The summed E-state index contributed by atoms with van der Waals surface area (Å²) in [5.41, 5.74) is 0.733. The standard InChI is InChI=1S/C12H17N3O4/c1-8-5-13-7-14-12(8)19-6-10(16)15(3)9(2)4-11(17)18/h5,7,9H,4,6H2,1-3H3,(H,17,18). The molecule has 0 aliphatic carbocycles. The highest BCUT2D eigenvalue weighted by atomic mass is 16.5. The zero-order chi connectivity index (χ0) is 14.4. The third-order valence-corrected chi connectivity index (χ3v) is 2.70. The summed E-state index contributed by atoms with van der Waals surface area (Å²) in [5, 5.41) is 8.67. The van der Waals surface area contributed by atoms with Gasteiger partial charge in [-0.2, -0.15) is 0 Å². The minimum absolute atomic E-state index is 0.102. The minimum atomic E-state index is -0.945. The van der Waals surface area contributed by atoms with E-state index in [2.05, 4.69) is 9.97 Å². The number of ether oxygens (including phenoxy) is 1. The molecule has 0 spiro atoms. The van der Waals surface area contributed by atoms with Crippen molar-refractivity contribution in [3.63, 3.8) is 0 Å². The summed E-state index contributed by atoms with van der Waals surface area (Å²) < 4.78 is 5.29. The Morgan fingerprint density at radius 3 is 2.79 bits per heavy atom. The average molecular weight is 267 g/mol. The lowest BCUT2D eigenvalue weighted by Gasteiger charge is -2.23. The maximum absolute atomic E-state index is 11.8. The fraction of sp³-hybridized carbons (Fsp3) is 0.500. The Morgan fingerprint density at radius 1 is 1.53 bits per heavy atom. The van der Waals surface area contributed by atoms with Crippen LogP contribution in [-0.2, 0) is 9.59 Å². The largest absolute Gasteiger partial charge is 0.481 e. The molecule has 7 nitrogen and oxygen atoms in total. The Kier molecular flexibility index (Phi) is 5.23. The summed E-state index contributed by atoms with van der Waals surface area (Å²) in [6.07, 6.45) is 2.82. The molecule has 0 aliphatic rings. The molecule has 1 atom stereocenters. The van der Waals surface area contributed by atoms with Crippen LogP contribution in [0.5, 0.6) is 5.88 Å². The van der Waals surface area contributed by atoms with Crippen LogP contribution in [0.4, 0.5) is 0 Å². The van der Waals surface area contributed by atoms with Crippen LogP contribution >= 0.6 is 0 Å². The topological polar surface area (TPSA) is 92.6 Å². The number of amides is 1. The molecular weight excluding hydrogens is 250 g/mol. The van der Waals surface area contributed by atoms with Crippen LogP contribution in [0, 0.1) is 6.92 Å². The van der Waals surface area contributed by atoms with E-state index >= 15 is 0 Å². The summed E-state index contributed by atoms with van der Waals surface area (Å²) in [6, 6.07) is -0.389. The highest BCUT2D eigenvalue weighted by Crippen LogP contribution is 2.11. The van der Waals surface area contributed by atoms with Crippen molar-refractivity contribution in [1.82, 2.24) is 14.9 Å². The number of hydrogen-bond acceptors (Lipinski definition) is 5. The molecule has 0 fully saturated rings. The van der Waals surface area contributed by atoms with Gasteiger partial charge in [-0.15, -0.1) is 0 Å². The van der Waals surface area contributed by atoms with Crippen molar-refractivity contribution in [2.45, 2.75) is 26.3 Å². The lowest BCUT2D eigenvalue weighted by atomic mass is 10.2. The first-order valence-corrected chi connectivity index (χ1v) is 5.78. The molecule has 104 valence electrons. The predicted molar refractivity (Wildman–Crippen MR) is 66.7 cm³/mol. The van der Waals surface area contributed by atoms with E-state index in [1.807, 2.05) is 0 Å². The Balaban J connectivity index is 2.51. The molecular formula is C12H17N3O4. The normalized spacial score (nSPS) is 11.7. The highest BCUT2D eigenvalue weighted by molar-refractivity contribution is 5.78. The molecule has 1 N–H and O–H groups in total. The first-order valence-electron chi connectivity index (χ1n) is 5.78. The van der Waals surface area contributed by atoms with Gasteiger partial charge in [-0.05, 0) is 13.8 Å². The number of aromatic nitrogens is 2. The van der Waals surface area contributed by atoms with E-state index in [1.54, 1.807) is 27.1 Å². The van der Waals surface area contributed by atoms with Crippen LogP contribution in [0.2, 0.25) is 0 Å². The van der Waals surface area contributed by atoms with Crippen molar-refractivity contribution < 1.29 is 19.4 Å². The first-order chi connectivity index (χ1) is 8.91. The van der Waals surface area contributed by atoms with Gasteiger partial charge in [0, 0.05) is 24.8 Å². The molecule has 1 heterocycles. The number of hydrogen-bond donors (Lipinski definition) is 1. The van der Waals surface area contributed by atoms with E-state index in [9.17, 15) is 9.59 Å². The summed E-state index contributed by atoms with van der Waals surface area (Å²) in [5.74, 6) is -0.894. The second kappa shape index (κ2) is 6.67. The average Bonchev–Trinajstić information content (AvgIpc) is 2.35. The maximum Gasteiger partial charge on any atom is 0.305 e. The van der Waals surface area contributed by atoms with E-state index in [0.717, 1.165) is 5.56 Å². The van der Waals surface area contributed by atoms with Gasteiger partial charge in [-0.25, -0.2) is 9.97 Å². The number of carboxylic acids is 1. The summed E-state index contributed by atoms with van der Waals surface area (Å²) in [4.78, 5) is 31.5. The Bertz CT molecular complexity index is 464. The summed E-state index contributed by atoms with van der Waals surface area (Å²) in [6.45, 7) is 3.26. The molecule has 0 radical (unpaired) electrons. The second-order valence-electron chi connectivity index (χ2n) is 4.25. The van der Waals surface area contributed by atoms with Gasteiger partial charge < -0.3 is 14.7 Å². The van der Waals surface area contributed by atoms with Gasteiger partial charge in [-0.3, -0.25) is 9.59 Å². The first kappa shape index (κ1) is 14.9. The van der Waals surface area contributed by atoms with Crippen LogP contribution in [0.25, 0.3) is 0 Å². The van der Waals surface area contributed by atoms with E-state index in [1.165, 1.54) is 11.2 Å². The fourth-order valence-electron chi connectivity index (χ4n) is 1.41. The monoisotopic (exact) mass is 267 g/mol. The summed E-state index contributed by atoms with van der Waals surface area (Å²) >= 11 is 0. The predicted octanol–water partition coefficient (Wildman–Crippen LogP) is 0.485. The molecule has 1 amide bonds. The molecule has 0 bridgehead atoms. The molecule has 1 aromatic heterocycles.